The maximum Gasteiger partial charge on any atom is 0.321 e. The Balaban J connectivity index is 1.54. The molecule has 0 saturated carbocycles. The number of hydrogen-bond acceptors (Lipinski definition) is 2. The molecule has 1 heterocycles. The van der Waals surface area contributed by atoms with E-state index in [1.807, 2.05) is 49.1 Å². The van der Waals surface area contributed by atoms with Crippen LogP contribution in [0.15, 0.2) is 42.5 Å². The molecule has 25 heavy (non-hydrogen) atoms. The fraction of sp³-hybridized carbons (Fsp3) is 0.350. The second kappa shape index (κ2) is 7.66. The van der Waals surface area contributed by atoms with Gasteiger partial charge in [0.05, 0.1) is 0 Å². The molecule has 0 unspecified atom stereocenters. The Hall–Kier alpha value is -2.40. The Kier molecular flexibility index (Phi) is 5.34. The lowest BCUT2D eigenvalue weighted by atomic mass is 10.1. The molecule has 132 valence electrons. The molecule has 0 aliphatic carbocycles. The summed E-state index contributed by atoms with van der Waals surface area (Å²) in [5, 5.41) is 3.00. The summed E-state index contributed by atoms with van der Waals surface area (Å²) in [6, 6.07) is 12.8. The summed E-state index contributed by atoms with van der Waals surface area (Å²) in [7, 11) is 0. The minimum Gasteiger partial charge on any atom is -0.322 e. The van der Waals surface area contributed by atoms with E-state index in [4.69, 9.17) is 0 Å². The van der Waals surface area contributed by atoms with Crippen molar-refractivity contribution in [3.63, 3.8) is 0 Å². The van der Waals surface area contributed by atoms with Crippen LogP contribution in [0.4, 0.5) is 14.9 Å². The topological polar surface area (TPSA) is 35.6 Å². The average molecular weight is 341 g/mol. The molecule has 1 N–H and O–H groups in total. The van der Waals surface area contributed by atoms with Crippen LogP contribution >= 0.6 is 0 Å². The largest absolute Gasteiger partial charge is 0.322 e. The van der Waals surface area contributed by atoms with Gasteiger partial charge in [-0.1, -0.05) is 30.3 Å². The van der Waals surface area contributed by atoms with Gasteiger partial charge < -0.3 is 10.2 Å². The minimum absolute atomic E-state index is 0.0701. The second-order valence-electron chi connectivity index (χ2n) is 6.60. The molecule has 1 aliphatic rings. The number of hydrogen-bond donors (Lipinski definition) is 1. The van der Waals surface area contributed by atoms with Crippen LogP contribution in [-0.4, -0.2) is 42.0 Å². The molecule has 0 bridgehead atoms. The summed E-state index contributed by atoms with van der Waals surface area (Å²) in [6.07, 6.45) is 0. The molecule has 4 nitrogen and oxygen atoms in total. The highest BCUT2D eigenvalue weighted by Crippen LogP contribution is 2.18. The summed E-state index contributed by atoms with van der Waals surface area (Å²) < 4.78 is 13.8. The second-order valence-corrected chi connectivity index (χ2v) is 6.60. The van der Waals surface area contributed by atoms with Gasteiger partial charge in [0.2, 0.25) is 0 Å². The van der Waals surface area contributed by atoms with Crippen LogP contribution < -0.4 is 5.32 Å². The van der Waals surface area contributed by atoms with Crippen molar-refractivity contribution >= 4 is 11.7 Å². The van der Waals surface area contributed by atoms with Crippen LogP contribution in [0.5, 0.6) is 0 Å². The number of nitrogens with zero attached hydrogens (tertiary/aromatic N) is 2. The first-order valence-electron chi connectivity index (χ1n) is 8.62. The van der Waals surface area contributed by atoms with Gasteiger partial charge in [-0.3, -0.25) is 4.90 Å². The van der Waals surface area contributed by atoms with Gasteiger partial charge in [0, 0.05) is 44.0 Å². The van der Waals surface area contributed by atoms with Crippen molar-refractivity contribution in [1.29, 1.82) is 0 Å². The van der Waals surface area contributed by atoms with E-state index in [1.54, 1.807) is 6.07 Å². The number of anilines is 1. The Morgan fingerprint density at radius 3 is 2.52 bits per heavy atom. The zero-order chi connectivity index (χ0) is 17.8. The van der Waals surface area contributed by atoms with Crippen LogP contribution in [0.2, 0.25) is 0 Å². The summed E-state index contributed by atoms with van der Waals surface area (Å²) in [6.45, 7) is 7.36. The first-order valence-corrected chi connectivity index (χ1v) is 8.62. The Labute approximate surface area is 148 Å². The number of urea groups is 1. The third-order valence-corrected chi connectivity index (χ3v) is 4.65. The van der Waals surface area contributed by atoms with Crippen molar-refractivity contribution in [3.8, 4) is 0 Å². The maximum absolute atomic E-state index is 13.8. The van der Waals surface area contributed by atoms with Crippen molar-refractivity contribution in [1.82, 2.24) is 9.80 Å². The van der Waals surface area contributed by atoms with Crippen molar-refractivity contribution in [2.75, 3.05) is 31.5 Å². The number of piperazine rings is 1. The van der Waals surface area contributed by atoms with E-state index in [0.717, 1.165) is 29.9 Å². The predicted molar refractivity (Wildman–Crippen MR) is 98.2 cm³/mol. The van der Waals surface area contributed by atoms with Crippen molar-refractivity contribution in [2.45, 2.75) is 20.4 Å². The van der Waals surface area contributed by atoms with Crippen LogP contribution in [0.3, 0.4) is 0 Å². The summed E-state index contributed by atoms with van der Waals surface area (Å²) in [5.74, 6) is -0.169. The number of benzene rings is 2. The molecule has 2 amide bonds. The highest BCUT2D eigenvalue weighted by Gasteiger charge is 2.22. The lowest BCUT2D eigenvalue weighted by molar-refractivity contribution is 0.142. The molecular formula is C20H24FN3O. The fourth-order valence-electron chi connectivity index (χ4n) is 3.04. The van der Waals surface area contributed by atoms with Gasteiger partial charge in [-0.15, -0.1) is 0 Å². The smallest absolute Gasteiger partial charge is 0.321 e. The Morgan fingerprint density at radius 2 is 1.80 bits per heavy atom. The monoisotopic (exact) mass is 341 g/mol. The van der Waals surface area contributed by atoms with Gasteiger partial charge in [-0.2, -0.15) is 0 Å². The minimum atomic E-state index is -0.169. The number of aryl methyl sites for hydroxylation is 2. The molecule has 0 aromatic heterocycles. The van der Waals surface area contributed by atoms with E-state index in [9.17, 15) is 9.18 Å². The highest BCUT2D eigenvalue weighted by molar-refractivity contribution is 5.90. The third-order valence-electron chi connectivity index (χ3n) is 4.65. The molecule has 0 atom stereocenters. The van der Waals surface area contributed by atoms with E-state index < -0.39 is 0 Å². The number of carbonyl (C=O) groups excluding carboxylic acids is 1. The van der Waals surface area contributed by atoms with E-state index >= 15 is 0 Å². The molecular weight excluding hydrogens is 317 g/mol. The quantitative estimate of drug-likeness (QED) is 0.922. The van der Waals surface area contributed by atoms with E-state index in [-0.39, 0.29) is 11.8 Å². The molecule has 0 spiro atoms. The van der Waals surface area contributed by atoms with Crippen molar-refractivity contribution in [2.24, 2.45) is 0 Å². The van der Waals surface area contributed by atoms with Crippen LogP contribution in [0.25, 0.3) is 0 Å². The third kappa shape index (κ3) is 4.37. The Bertz CT molecular complexity index is 754. The zero-order valence-electron chi connectivity index (χ0n) is 14.8. The van der Waals surface area contributed by atoms with Gasteiger partial charge in [0.25, 0.3) is 0 Å². The summed E-state index contributed by atoms with van der Waals surface area (Å²) in [5.41, 5.74) is 3.74. The average Bonchev–Trinajstić information content (AvgIpc) is 2.61. The first-order chi connectivity index (χ1) is 12.0. The van der Waals surface area contributed by atoms with Crippen LogP contribution in [0, 0.1) is 19.7 Å². The molecule has 1 fully saturated rings. The lowest BCUT2D eigenvalue weighted by Crippen LogP contribution is -2.49. The maximum atomic E-state index is 13.8. The van der Waals surface area contributed by atoms with Gasteiger partial charge in [-0.25, -0.2) is 9.18 Å². The number of carbonyl (C=O) groups is 1. The molecule has 3 rings (SSSR count). The van der Waals surface area contributed by atoms with Gasteiger partial charge >= 0.3 is 6.03 Å². The van der Waals surface area contributed by atoms with Crippen LogP contribution in [0.1, 0.15) is 16.7 Å². The zero-order valence-corrected chi connectivity index (χ0v) is 14.8. The highest BCUT2D eigenvalue weighted by atomic mass is 19.1. The number of nitrogens with one attached hydrogen (secondary N) is 1. The molecule has 1 saturated heterocycles. The van der Waals surface area contributed by atoms with Gasteiger partial charge in [0.15, 0.2) is 0 Å². The van der Waals surface area contributed by atoms with Gasteiger partial charge in [0.1, 0.15) is 5.82 Å². The molecule has 0 radical (unpaired) electrons. The van der Waals surface area contributed by atoms with Crippen LogP contribution in [-0.2, 0) is 6.54 Å². The molecule has 1 aliphatic heterocycles. The fourth-order valence-corrected chi connectivity index (χ4v) is 3.04. The predicted octanol–water partition coefficient (Wildman–Crippen LogP) is 3.79. The molecule has 2 aromatic carbocycles. The summed E-state index contributed by atoms with van der Waals surface area (Å²) in [4.78, 5) is 16.5. The normalized spacial score (nSPS) is 15.2. The molecule has 5 heteroatoms. The first kappa shape index (κ1) is 17.4. The van der Waals surface area contributed by atoms with E-state index in [1.165, 1.54) is 6.07 Å². The van der Waals surface area contributed by atoms with Gasteiger partial charge in [-0.05, 0) is 37.1 Å². The Morgan fingerprint density at radius 1 is 1.08 bits per heavy atom. The number of amides is 2. The van der Waals surface area contributed by atoms with Crippen molar-refractivity contribution in [3.05, 3.63) is 65.0 Å². The van der Waals surface area contributed by atoms with E-state index in [2.05, 4.69) is 10.2 Å². The van der Waals surface area contributed by atoms with E-state index in [0.29, 0.717) is 25.2 Å². The SMILES string of the molecule is Cc1ccc(C)c(NC(=O)N2CCN(Cc3ccccc3F)CC2)c1. The van der Waals surface area contributed by atoms with Crippen molar-refractivity contribution < 1.29 is 9.18 Å². The molecule has 2 aromatic rings. The number of halogens is 1. The number of rotatable bonds is 3. The lowest BCUT2D eigenvalue weighted by Gasteiger charge is -2.34. The standard InChI is InChI=1S/C20H24FN3O/c1-15-7-8-16(2)19(13-15)22-20(25)24-11-9-23(10-12-24)14-17-5-3-4-6-18(17)21/h3-8,13H,9-12,14H2,1-2H3,(H,22,25). The summed E-state index contributed by atoms with van der Waals surface area (Å²) >= 11 is 0.